The first kappa shape index (κ1) is 48.6. The maximum absolute atomic E-state index is 14.1. The molecule has 5 aliphatic rings. The molecule has 3 aromatic heterocycles. The van der Waals surface area contributed by atoms with Gasteiger partial charge in [-0.05, 0) is 98.5 Å². The number of fused-ring (bicyclic) bond motifs is 2. The minimum atomic E-state index is -0.612. The zero-order valence-electron chi connectivity index (χ0n) is 41.3. The third-order valence-corrected chi connectivity index (χ3v) is 15.2. The highest BCUT2D eigenvalue weighted by Gasteiger charge is 2.43. The fraction of sp³-hybridized carbons (Fsp3) is 0.500. The average Bonchev–Trinajstić information content (AvgIpc) is 4.12. The van der Waals surface area contributed by atoms with Crippen LogP contribution in [0.4, 0.5) is 17.2 Å². The van der Waals surface area contributed by atoms with Crippen molar-refractivity contribution in [2.45, 2.75) is 121 Å². The quantitative estimate of drug-likeness (QED) is 0.0891. The van der Waals surface area contributed by atoms with E-state index < -0.39 is 12.0 Å². The number of nitrogens with two attached hydrogens (primary N) is 1. The van der Waals surface area contributed by atoms with Gasteiger partial charge in [-0.3, -0.25) is 14.5 Å². The molecule has 0 radical (unpaired) electrons. The average molecular weight is 980 g/mol. The van der Waals surface area contributed by atoms with Crippen molar-refractivity contribution in [3.8, 4) is 34.8 Å². The van der Waals surface area contributed by atoms with E-state index in [-0.39, 0.29) is 47.8 Å². The molecule has 5 fully saturated rings. The highest BCUT2D eigenvalue weighted by Crippen LogP contribution is 2.41. The normalized spacial score (nSPS) is 23.1. The van der Waals surface area contributed by atoms with E-state index >= 15 is 0 Å². The summed E-state index contributed by atoms with van der Waals surface area (Å²) in [5, 5.41) is 35.4. The van der Waals surface area contributed by atoms with E-state index in [2.05, 4.69) is 58.6 Å². The number of nitrogens with zero attached hydrogens (tertiary/aromatic N) is 9. The topological polar surface area (TPSA) is 222 Å². The molecule has 18 nitrogen and oxygen atoms in total. The van der Waals surface area contributed by atoms with Crippen LogP contribution in [-0.2, 0) is 14.3 Å². The number of hydrogen-bond acceptors (Lipinski definition) is 16. The number of nitrogens with one attached hydrogen (secondary N) is 1. The largest absolute Gasteiger partial charge is 0.507 e. The van der Waals surface area contributed by atoms with Gasteiger partial charge in [-0.15, -0.1) is 10.2 Å². The molecular weight excluding hydrogens is 915 g/mol. The number of phenolic OH excluding ortho intramolecular Hbond substituents is 1. The molecule has 5 atom stereocenters. The number of aromatic hydroxyl groups is 1. The van der Waals surface area contributed by atoms with Crippen LogP contribution in [0.2, 0.25) is 0 Å². The number of nitriles is 1. The summed E-state index contributed by atoms with van der Waals surface area (Å²) in [4.78, 5) is 41.0. The predicted octanol–water partition coefficient (Wildman–Crippen LogP) is 6.62. The maximum atomic E-state index is 14.1. The van der Waals surface area contributed by atoms with Gasteiger partial charge in [-0.25, -0.2) is 4.98 Å². The molecule has 5 aromatic rings. The molecule has 72 heavy (non-hydrogen) atoms. The summed E-state index contributed by atoms with van der Waals surface area (Å²) < 4.78 is 24.7. The Morgan fingerprint density at radius 2 is 1.67 bits per heavy atom. The van der Waals surface area contributed by atoms with Crippen molar-refractivity contribution in [2.75, 3.05) is 61.4 Å². The number of pyridine rings is 1. The molecule has 10 rings (SSSR count). The third-order valence-electron chi connectivity index (χ3n) is 15.2. The van der Waals surface area contributed by atoms with E-state index in [1.807, 2.05) is 57.3 Å². The smallest absolute Gasteiger partial charge is 0.254 e. The second-order valence-electron chi connectivity index (χ2n) is 20.4. The summed E-state index contributed by atoms with van der Waals surface area (Å²) in [5.41, 5.74) is 11.0. The molecule has 0 spiro atoms. The number of rotatable bonds is 17. The number of ether oxygens (including phenoxy) is 3. The van der Waals surface area contributed by atoms with Crippen molar-refractivity contribution < 1.29 is 33.4 Å². The molecule has 2 amide bonds. The van der Waals surface area contributed by atoms with Crippen LogP contribution in [-0.4, -0.2) is 129 Å². The van der Waals surface area contributed by atoms with Crippen molar-refractivity contribution in [2.24, 2.45) is 5.92 Å². The molecule has 1 saturated carbocycles. The van der Waals surface area contributed by atoms with E-state index in [4.69, 9.17) is 29.7 Å². The number of phenols is 1. The van der Waals surface area contributed by atoms with Crippen molar-refractivity contribution in [3.63, 3.8) is 0 Å². The fourth-order valence-electron chi connectivity index (χ4n) is 11.3. The molecule has 2 aromatic carbocycles. The van der Waals surface area contributed by atoms with E-state index in [9.17, 15) is 14.7 Å². The summed E-state index contributed by atoms with van der Waals surface area (Å²) in [5.74, 6) is 0.898. The van der Waals surface area contributed by atoms with Crippen molar-refractivity contribution in [1.29, 1.82) is 5.26 Å². The van der Waals surface area contributed by atoms with Crippen LogP contribution in [0.15, 0.2) is 83.5 Å². The van der Waals surface area contributed by atoms with Gasteiger partial charge in [0.05, 0.1) is 41.3 Å². The number of piperidine rings is 1. The molecule has 378 valence electrons. The Bertz CT molecular complexity index is 2720. The van der Waals surface area contributed by atoms with Crippen LogP contribution in [0.3, 0.4) is 0 Å². The molecule has 18 heteroatoms. The fourth-order valence-corrected chi connectivity index (χ4v) is 11.3. The molecular formula is C54H65N11O7. The van der Waals surface area contributed by atoms with Gasteiger partial charge in [0.25, 0.3) is 5.88 Å². The number of hydrogen-bond donors (Lipinski definition) is 3. The first-order valence-electron chi connectivity index (χ1n) is 25.6. The summed E-state index contributed by atoms with van der Waals surface area (Å²) in [6, 6.07) is 23.9. The molecule has 7 heterocycles. The zero-order valence-corrected chi connectivity index (χ0v) is 41.3. The Balaban J connectivity index is 0.638. The Hall–Kier alpha value is -6.97. The highest BCUT2D eigenvalue weighted by atomic mass is 16.5. The Morgan fingerprint density at radius 1 is 0.903 bits per heavy atom. The first-order valence-corrected chi connectivity index (χ1v) is 25.6. The van der Waals surface area contributed by atoms with Crippen molar-refractivity contribution in [3.05, 3.63) is 95.9 Å². The van der Waals surface area contributed by atoms with Gasteiger partial charge >= 0.3 is 0 Å². The number of aromatic nitrogens is 4. The minimum absolute atomic E-state index is 0.0643. The van der Waals surface area contributed by atoms with E-state index in [0.717, 1.165) is 94.6 Å². The number of carbonyl (C=O) groups excluding carboxylic acids is 2. The lowest BCUT2D eigenvalue weighted by Gasteiger charge is -2.43. The van der Waals surface area contributed by atoms with Gasteiger partial charge in [0.2, 0.25) is 17.7 Å². The van der Waals surface area contributed by atoms with Gasteiger partial charge < -0.3 is 49.6 Å². The monoisotopic (exact) mass is 980 g/mol. The molecule has 4 aliphatic heterocycles. The van der Waals surface area contributed by atoms with Crippen molar-refractivity contribution in [1.82, 2.24) is 35.5 Å². The van der Waals surface area contributed by atoms with Crippen LogP contribution in [0.1, 0.15) is 101 Å². The van der Waals surface area contributed by atoms with Crippen molar-refractivity contribution >= 4 is 29.0 Å². The summed E-state index contributed by atoms with van der Waals surface area (Å²) >= 11 is 0. The molecule has 0 unspecified atom stereocenters. The van der Waals surface area contributed by atoms with Crippen LogP contribution in [0, 0.1) is 17.2 Å². The Kier molecular flexibility index (Phi) is 14.5. The second kappa shape index (κ2) is 21.4. The van der Waals surface area contributed by atoms with Crippen LogP contribution < -0.4 is 30.3 Å². The molecule has 4 N–H and O–H groups in total. The van der Waals surface area contributed by atoms with Crippen LogP contribution >= 0.6 is 0 Å². The third kappa shape index (κ3) is 10.6. The Labute approximate surface area is 420 Å². The maximum Gasteiger partial charge on any atom is 0.254 e. The number of para-hydroxylation sites is 1. The lowest BCUT2D eigenvalue weighted by molar-refractivity contribution is -0.141. The standard InChI is InChI=1S/C54H65N11O7/c1-33(2)51(54(68)64-20-6-8-45(64)53(67)58-34(3)36-12-10-35(30-55)11-13-36)48-29-50(61-72-48)69-24-23-62-21-17-40(18-22-62)70-41-26-42(27-41)71-49-25-37(16-19-57-49)65-38-14-15-39(65)32-63(31-38)46-28-44(59-60-52(46)56)43-7-4-5-9-47(43)66/h4-5,7,9-13,16,19,25,28-29,33-34,38-42,45,51,66H,6,8,14-15,17-18,20-24,26-27,31-32H2,1-3H3,(H2,56,60)(H,58,67)/t34-,38-,39-,41?,42?,45-,51-/m0/s1. The molecule has 2 bridgehead atoms. The highest BCUT2D eigenvalue weighted by molar-refractivity contribution is 5.91. The number of carbonyl (C=O) groups is 2. The molecule has 1 aliphatic carbocycles. The molecule has 4 saturated heterocycles. The zero-order chi connectivity index (χ0) is 49.9. The first-order chi connectivity index (χ1) is 35.0. The number of nitrogen functional groups attached to an aromatic ring is 1. The van der Waals surface area contributed by atoms with Crippen LogP contribution in [0.5, 0.6) is 17.5 Å². The van der Waals surface area contributed by atoms with E-state index in [1.54, 1.807) is 35.2 Å². The number of piperazine rings is 1. The van der Waals surface area contributed by atoms with Crippen LogP contribution in [0.25, 0.3) is 11.3 Å². The number of benzene rings is 2. The van der Waals surface area contributed by atoms with E-state index in [0.29, 0.717) is 71.8 Å². The van der Waals surface area contributed by atoms with Gasteiger partial charge in [0.15, 0.2) is 11.6 Å². The van der Waals surface area contributed by atoms with Gasteiger partial charge in [-0.2, -0.15) is 5.26 Å². The number of likely N-dealkylation sites (tertiary alicyclic amines) is 2. The second-order valence-corrected chi connectivity index (χ2v) is 20.4. The summed E-state index contributed by atoms with van der Waals surface area (Å²) in [6.07, 6.45) is 9.31. The summed E-state index contributed by atoms with van der Waals surface area (Å²) in [6.45, 7) is 10.9. The Morgan fingerprint density at radius 3 is 2.40 bits per heavy atom. The number of anilines is 3. The number of amides is 2. The SMILES string of the molecule is CC(C)[C@H](C(=O)N1CCC[C@H]1C(=O)N[C@@H](C)c1ccc(C#N)cc1)c1cc(OCCN2CCC(OC3CC(Oc4cc(N5[C@H]6CC[C@H]5CN(c5cc(-c7ccccc7O)nnc5N)C6)ccn4)C3)CC2)no1. The lowest BCUT2D eigenvalue weighted by atomic mass is 9.91. The minimum Gasteiger partial charge on any atom is -0.507 e. The van der Waals surface area contributed by atoms with E-state index in [1.165, 1.54) is 0 Å². The van der Waals surface area contributed by atoms with Gasteiger partial charge in [0, 0.05) is 93.8 Å². The van der Waals surface area contributed by atoms with Gasteiger partial charge in [0.1, 0.15) is 30.4 Å². The van der Waals surface area contributed by atoms with Gasteiger partial charge in [-0.1, -0.05) is 38.1 Å². The predicted molar refractivity (Wildman–Crippen MR) is 269 cm³/mol. The lowest BCUT2D eigenvalue weighted by Crippen LogP contribution is -2.54. The summed E-state index contributed by atoms with van der Waals surface area (Å²) in [7, 11) is 0.